The summed E-state index contributed by atoms with van der Waals surface area (Å²) in [4.78, 5) is 19.2. The first-order valence-electron chi connectivity index (χ1n) is 10.8. The van der Waals surface area contributed by atoms with Crippen molar-refractivity contribution < 1.29 is 14.3 Å². The summed E-state index contributed by atoms with van der Waals surface area (Å²) in [5, 5.41) is 0. The molecule has 0 aromatic heterocycles. The molecule has 0 N–H and O–H groups in total. The van der Waals surface area contributed by atoms with Crippen molar-refractivity contribution in [2.24, 2.45) is 0 Å². The number of carbonyl (C=O) groups is 1. The maximum Gasteiger partial charge on any atom is 0.265 e. The maximum absolute atomic E-state index is 12.4. The van der Waals surface area contributed by atoms with E-state index in [0.29, 0.717) is 0 Å². The minimum Gasteiger partial charge on any atom is -0.495 e. The van der Waals surface area contributed by atoms with E-state index in [-0.39, 0.29) is 12.5 Å². The SMILES string of the molecule is COc1ccccc1N1CCN(CCCCN2C(=O)COc3ccc(C)cc32)CC1. The number of hydrogen-bond acceptors (Lipinski definition) is 5. The van der Waals surface area contributed by atoms with Gasteiger partial charge in [0.15, 0.2) is 6.61 Å². The Morgan fingerprint density at radius 2 is 1.73 bits per heavy atom. The predicted octanol–water partition coefficient (Wildman–Crippen LogP) is 3.33. The Labute approximate surface area is 179 Å². The molecule has 2 aliphatic rings. The third-order valence-corrected chi connectivity index (χ3v) is 5.96. The lowest BCUT2D eigenvalue weighted by Gasteiger charge is -2.36. The molecule has 0 bridgehead atoms. The van der Waals surface area contributed by atoms with Gasteiger partial charge in [0, 0.05) is 32.7 Å². The van der Waals surface area contributed by atoms with E-state index < -0.39 is 0 Å². The Morgan fingerprint density at radius 1 is 0.967 bits per heavy atom. The lowest BCUT2D eigenvalue weighted by Crippen LogP contribution is -2.46. The van der Waals surface area contributed by atoms with Gasteiger partial charge in [-0.1, -0.05) is 18.2 Å². The number of para-hydroxylation sites is 2. The summed E-state index contributed by atoms with van der Waals surface area (Å²) in [6, 6.07) is 14.3. The molecule has 0 unspecified atom stereocenters. The second-order valence-electron chi connectivity index (χ2n) is 8.01. The van der Waals surface area contributed by atoms with Crippen molar-refractivity contribution in [1.29, 1.82) is 0 Å². The van der Waals surface area contributed by atoms with Crippen LogP contribution in [-0.4, -0.2) is 63.8 Å². The lowest BCUT2D eigenvalue weighted by atomic mass is 10.1. The van der Waals surface area contributed by atoms with Gasteiger partial charge in [0.05, 0.1) is 18.5 Å². The molecular formula is C24H31N3O3. The number of benzene rings is 2. The van der Waals surface area contributed by atoms with E-state index >= 15 is 0 Å². The molecule has 1 amide bonds. The number of fused-ring (bicyclic) bond motifs is 1. The molecule has 1 saturated heterocycles. The first-order valence-corrected chi connectivity index (χ1v) is 10.8. The number of hydrogen-bond donors (Lipinski definition) is 0. The lowest BCUT2D eigenvalue weighted by molar-refractivity contribution is -0.121. The fourth-order valence-corrected chi connectivity index (χ4v) is 4.27. The van der Waals surface area contributed by atoms with Gasteiger partial charge in [0.1, 0.15) is 11.5 Å². The number of ether oxygens (including phenoxy) is 2. The Hall–Kier alpha value is -2.73. The highest BCUT2D eigenvalue weighted by Crippen LogP contribution is 2.33. The van der Waals surface area contributed by atoms with Gasteiger partial charge in [-0.2, -0.15) is 0 Å². The van der Waals surface area contributed by atoms with Crippen LogP contribution in [0.3, 0.4) is 0 Å². The van der Waals surface area contributed by atoms with Gasteiger partial charge >= 0.3 is 0 Å². The topological polar surface area (TPSA) is 45.2 Å². The van der Waals surface area contributed by atoms with E-state index in [2.05, 4.69) is 21.9 Å². The second kappa shape index (κ2) is 9.39. The summed E-state index contributed by atoms with van der Waals surface area (Å²) >= 11 is 0. The van der Waals surface area contributed by atoms with Crippen molar-refractivity contribution in [2.45, 2.75) is 19.8 Å². The smallest absolute Gasteiger partial charge is 0.265 e. The zero-order chi connectivity index (χ0) is 20.9. The number of rotatable bonds is 7. The monoisotopic (exact) mass is 409 g/mol. The Balaban J connectivity index is 1.24. The summed E-state index contributed by atoms with van der Waals surface area (Å²) in [5.41, 5.74) is 3.24. The maximum atomic E-state index is 12.4. The van der Waals surface area contributed by atoms with E-state index in [4.69, 9.17) is 9.47 Å². The van der Waals surface area contributed by atoms with Gasteiger partial charge in [0.25, 0.3) is 5.91 Å². The van der Waals surface area contributed by atoms with E-state index in [9.17, 15) is 4.79 Å². The van der Waals surface area contributed by atoms with Crippen LogP contribution in [0.15, 0.2) is 42.5 Å². The highest BCUT2D eigenvalue weighted by molar-refractivity contribution is 5.97. The first-order chi connectivity index (χ1) is 14.7. The third kappa shape index (κ3) is 4.54. The largest absolute Gasteiger partial charge is 0.495 e. The minimum absolute atomic E-state index is 0.0542. The van der Waals surface area contributed by atoms with Crippen molar-refractivity contribution in [3.8, 4) is 11.5 Å². The van der Waals surface area contributed by atoms with Crippen LogP contribution in [0.1, 0.15) is 18.4 Å². The van der Waals surface area contributed by atoms with Crippen LogP contribution in [0.5, 0.6) is 11.5 Å². The summed E-state index contributed by atoms with van der Waals surface area (Å²) in [6.07, 6.45) is 2.08. The van der Waals surface area contributed by atoms with Crippen LogP contribution in [0, 0.1) is 6.92 Å². The molecule has 0 aliphatic carbocycles. The van der Waals surface area contributed by atoms with Gasteiger partial charge in [-0.05, 0) is 56.1 Å². The number of methoxy groups -OCH3 is 1. The summed E-state index contributed by atoms with van der Waals surface area (Å²) in [6.45, 7) is 8.12. The van der Waals surface area contributed by atoms with Crippen LogP contribution >= 0.6 is 0 Å². The van der Waals surface area contributed by atoms with Gasteiger partial charge in [-0.3, -0.25) is 9.69 Å². The number of carbonyl (C=O) groups excluding carboxylic acids is 1. The van der Waals surface area contributed by atoms with Gasteiger partial charge in [-0.15, -0.1) is 0 Å². The second-order valence-corrected chi connectivity index (χ2v) is 8.01. The highest BCUT2D eigenvalue weighted by Gasteiger charge is 2.25. The number of nitrogens with zero attached hydrogens (tertiary/aromatic N) is 3. The van der Waals surface area contributed by atoms with E-state index in [1.807, 2.05) is 42.2 Å². The molecule has 6 heteroatoms. The molecule has 2 aromatic carbocycles. The summed E-state index contributed by atoms with van der Waals surface area (Å²) in [5.74, 6) is 1.81. The molecule has 0 atom stereocenters. The zero-order valence-corrected chi connectivity index (χ0v) is 18.0. The number of anilines is 2. The van der Waals surface area contributed by atoms with Crippen molar-refractivity contribution in [3.63, 3.8) is 0 Å². The average Bonchev–Trinajstić information content (AvgIpc) is 2.78. The molecule has 0 saturated carbocycles. The molecule has 0 spiro atoms. The fourth-order valence-electron chi connectivity index (χ4n) is 4.27. The predicted molar refractivity (Wildman–Crippen MR) is 120 cm³/mol. The van der Waals surface area contributed by atoms with Crippen LogP contribution < -0.4 is 19.3 Å². The molecule has 2 heterocycles. The first kappa shape index (κ1) is 20.5. The molecule has 1 fully saturated rings. The van der Waals surface area contributed by atoms with Crippen molar-refractivity contribution in [1.82, 2.24) is 4.90 Å². The molecular weight excluding hydrogens is 378 g/mol. The third-order valence-electron chi connectivity index (χ3n) is 5.96. The van der Waals surface area contributed by atoms with Crippen LogP contribution in [0.4, 0.5) is 11.4 Å². The van der Waals surface area contributed by atoms with Crippen LogP contribution in [-0.2, 0) is 4.79 Å². The number of amides is 1. The molecule has 2 aliphatic heterocycles. The number of piperazine rings is 1. The normalized spacial score (nSPS) is 16.9. The summed E-state index contributed by atoms with van der Waals surface area (Å²) in [7, 11) is 1.73. The van der Waals surface area contributed by atoms with Crippen molar-refractivity contribution >= 4 is 17.3 Å². The molecule has 30 heavy (non-hydrogen) atoms. The zero-order valence-electron chi connectivity index (χ0n) is 18.0. The molecule has 4 rings (SSSR count). The number of unbranched alkanes of at least 4 members (excludes halogenated alkanes) is 1. The van der Waals surface area contributed by atoms with E-state index in [0.717, 1.165) is 74.9 Å². The Bertz CT molecular complexity index is 878. The highest BCUT2D eigenvalue weighted by atomic mass is 16.5. The molecule has 160 valence electrons. The van der Waals surface area contributed by atoms with E-state index in [1.54, 1.807) is 7.11 Å². The van der Waals surface area contributed by atoms with E-state index in [1.165, 1.54) is 5.69 Å². The van der Waals surface area contributed by atoms with Crippen LogP contribution in [0.25, 0.3) is 0 Å². The summed E-state index contributed by atoms with van der Waals surface area (Å²) < 4.78 is 11.1. The molecule has 0 radical (unpaired) electrons. The van der Waals surface area contributed by atoms with Crippen molar-refractivity contribution in [3.05, 3.63) is 48.0 Å². The number of aryl methyl sites for hydroxylation is 1. The minimum atomic E-state index is 0.0542. The average molecular weight is 410 g/mol. The molecule has 2 aromatic rings. The van der Waals surface area contributed by atoms with Crippen LogP contribution in [0.2, 0.25) is 0 Å². The van der Waals surface area contributed by atoms with Gasteiger partial charge in [0.2, 0.25) is 0 Å². The van der Waals surface area contributed by atoms with Gasteiger partial charge < -0.3 is 19.3 Å². The Morgan fingerprint density at radius 3 is 2.53 bits per heavy atom. The standard InChI is InChI=1S/C24H31N3O3/c1-19-9-10-23-21(17-19)27(24(28)18-30-23)12-6-5-11-25-13-15-26(16-14-25)20-7-3-4-8-22(20)29-2/h3-4,7-10,17H,5-6,11-16,18H2,1-2H3. The Kier molecular flexibility index (Phi) is 6.43. The van der Waals surface area contributed by atoms with Crippen molar-refractivity contribution in [2.75, 3.05) is 62.8 Å². The quantitative estimate of drug-likeness (QED) is 0.657. The molecule has 6 nitrogen and oxygen atoms in total. The van der Waals surface area contributed by atoms with Gasteiger partial charge in [-0.25, -0.2) is 0 Å². The fraction of sp³-hybridized carbons (Fsp3) is 0.458.